The van der Waals surface area contributed by atoms with Gasteiger partial charge in [0, 0.05) is 27.4 Å². The predicted molar refractivity (Wildman–Crippen MR) is 116 cm³/mol. The van der Waals surface area contributed by atoms with Gasteiger partial charge in [-0.25, -0.2) is 0 Å². The molecule has 0 spiro atoms. The highest BCUT2D eigenvalue weighted by Crippen LogP contribution is 2.36. The molecule has 0 saturated carbocycles. The molecule has 2 N–H and O–H groups in total. The highest BCUT2D eigenvalue weighted by Gasteiger charge is 2.13. The number of benzene rings is 3. The van der Waals surface area contributed by atoms with Crippen LogP contribution in [0.2, 0.25) is 0 Å². The largest absolute Gasteiger partial charge is 0.495 e. The van der Waals surface area contributed by atoms with Crippen LogP contribution in [0.4, 0.5) is 11.4 Å². The first kappa shape index (κ1) is 18.3. The molecule has 5 nitrogen and oxygen atoms in total. The Labute approximate surface area is 167 Å². The summed E-state index contributed by atoms with van der Waals surface area (Å²) in [4.78, 5) is 13.4. The molecule has 0 radical (unpaired) electrons. The van der Waals surface area contributed by atoms with Crippen molar-refractivity contribution in [1.82, 2.24) is 0 Å². The molecule has 28 heavy (non-hydrogen) atoms. The Morgan fingerprint density at radius 1 is 1.04 bits per heavy atom. The van der Waals surface area contributed by atoms with E-state index in [1.54, 1.807) is 18.9 Å². The monoisotopic (exact) mass is 392 g/mol. The van der Waals surface area contributed by atoms with Crippen molar-refractivity contribution in [2.45, 2.75) is 4.90 Å². The van der Waals surface area contributed by atoms with Crippen molar-refractivity contribution >= 4 is 51.0 Å². The van der Waals surface area contributed by atoms with E-state index in [-0.39, 0.29) is 12.5 Å². The topological polar surface area (TPSA) is 63.5 Å². The molecular formula is C22H20N2O3S. The second-order valence-electron chi connectivity index (χ2n) is 6.28. The summed E-state index contributed by atoms with van der Waals surface area (Å²) in [5.41, 5.74) is 3.06. The Morgan fingerprint density at radius 3 is 2.71 bits per heavy atom. The average molecular weight is 392 g/mol. The first-order valence-corrected chi connectivity index (χ1v) is 10.1. The molecule has 4 aromatic rings. The van der Waals surface area contributed by atoms with E-state index in [1.807, 2.05) is 66.9 Å². The summed E-state index contributed by atoms with van der Waals surface area (Å²) >= 11 is 1.63. The molecule has 0 bridgehead atoms. The van der Waals surface area contributed by atoms with E-state index in [4.69, 9.17) is 9.15 Å². The number of furan rings is 1. The minimum absolute atomic E-state index is 0.117. The standard InChI is InChI=1S/C22H20N2O3S/c1-26-21-11-17-16-8-3-4-9-19(16)27-20(17)12-18(21)23-13-22(25)24-14-6-5-7-15(10-14)28-2/h3-12,23H,13H2,1-2H3,(H,24,25). The van der Waals surface area contributed by atoms with Gasteiger partial charge in [0.2, 0.25) is 5.91 Å². The molecular weight excluding hydrogens is 372 g/mol. The number of amides is 1. The number of hydrogen-bond donors (Lipinski definition) is 2. The van der Waals surface area contributed by atoms with E-state index in [2.05, 4.69) is 10.6 Å². The van der Waals surface area contributed by atoms with Crippen LogP contribution in [0.1, 0.15) is 0 Å². The number of carbonyl (C=O) groups is 1. The Balaban J connectivity index is 1.53. The van der Waals surface area contributed by atoms with Gasteiger partial charge in [-0.15, -0.1) is 11.8 Å². The third-order valence-electron chi connectivity index (χ3n) is 4.49. The smallest absolute Gasteiger partial charge is 0.243 e. The second kappa shape index (κ2) is 7.86. The van der Waals surface area contributed by atoms with Gasteiger partial charge >= 0.3 is 0 Å². The van der Waals surface area contributed by atoms with E-state index in [0.29, 0.717) is 11.4 Å². The highest BCUT2D eigenvalue weighted by atomic mass is 32.2. The number of methoxy groups -OCH3 is 1. The fourth-order valence-corrected chi connectivity index (χ4v) is 3.60. The highest BCUT2D eigenvalue weighted by molar-refractivity contribution is 7.98. The zero-order valence-electron chi connectivity index (χ0n) is 15.6. The van der Waals surface area contributed by atoms with Crippen LogP contribution >= 0.6 is 11.8 Å². The normalized spacial score (nSPS) is 10.9. The van der Waals surface area contributed by atoms with Gasteiger partial charge in [0.05, 0.1) is 19.3 Å². The molecule has 0 unspecified atom stereocenters. The van der Waals surface area contributed by atoms with E-state index in [9.17, 15) is 4.79 Å². The van der Waals surface area contributed by atoms with Crippen LogP contribution in [0.25, 0.3) is 21.9 Å². The van der Waals surface area contributed by atoms with Crippen LogP contribution in [0.3, 0.4) is 0 Å². The van der Waals surface area contributed by atoms with Crippen LogP contribution in [-0.4, -0.2) is 25.8 Å². The van der Waals surface area contributed by atoms with E-state index < -0.39 is 0 Å². The van der Waals surface area contributed by atoms with E-state index in [0.717, 1.165) is 32.5 Å². The number of fused-ring (bicyclic) bond motifs is 3. The minimum atomic E-state index is -0.134. The van der Waals surface area contributed by atoms with Gasteiger partial charge in [0.15, 0.2) is 0 Å². The zero-order valence-corrected chi connectivity index (χ0v) is 16.4. The molecule has 0 aliphatic rings. The summed E-state index contributed by atoms with van der Waals surface area (Å²) < 4.78 is 11.4. The van der Waals surface area contributed by atoms with Crippen molar-refractivity contribution in [3.8, 4) is 5.75 Å². The van der Waals surface area contributed by atoms with Crippen molar-refractivity contribution < 1.29 is 13.9 Å². The van der Waals surface area contributed by atoms with Gasteiger partial charge in [-0.05, 0) is 36.6 Å². The van der Waals surface area contributed by atoms with Crippen molar-refractivity contribution in [2.75, 3.05) is 30.5 Å². The fraction of sp³-hybridized carbons (Fsp3) is 0.136. The van der Waals surface area contributed by atoms with Gasteiger partial charge in [-0.3, -0.25) is 4.79 Å². The lowest BCUT2D eigenvalue weighted by Gasteiger charge is -2.12. The average Bonchev–Trinajstić information content (AvgIpc) is 3.09. The van der Waals surface area contributed by atoms with Crippen LogP contribution in [-0.2, 0) is 4.79 Å². The molecule has 6 heteroatoms. The molecule has 0 aliphatic heterocycles. The third kappa shape index (κ3) is 3.64. The van der Waals surface area contributed by atoms with Gasteiger partial charge < -0.3 is 19.8 Å². The van der Waals surface area contributed by atoms with E-state index >= 15 is 0 Å². The first-order chi connectivity index (χ1) is 13.7. The molecule has 4 rings (SSSR count). The van der Waals surface area contributed by atoms with Gasteiger partial charge in [0.1, 0.15) is 16.9 Å². The third-order valence-corrected chi connectivity index (χ3v) is 5.22. The van der Waals surface area contributed by atoms with Crippen LogP contribution in [0.5, 0.6) is 5.75 Å². The lowest BCUT2D eigenvalue weighted by Crippen LogP contribution is -2.21. The Hall–Kier alpha value is -3.12. The van der Waals surface area contributed by atoms with E-state index in [1.165, 1.54) is 0 Å². The number of thioether (sulfide) groups is 1. The van der Waals surface area contributed by atoms with Crippen molar-refractivity contribution in [1.29, 1.82) is 0 Å². The summed E-state index contributed by atoms with van der Waals surface area (Å²) in [5.74, 6) is 0.529. The maximum atomic E-state index is 12.3. The molecule has 3 aromatic carbocycles. The van der Waals surface area contributed by atoms with Crippen molar-refractivity contribution in [3.63, 3.8) is 0 Å². The Morgan fingerprint density at radius 2 is 1.89 bits per heavy atom. The van der Waals surface area contributed by atoms with Crippen LogP contribution < -0.4 is 15.4 Å². The Bertz CT molecular complexity index is 1150. The summed E-state index contributed by atoms with van der Waals surface area (Å²) in [6.45, 7) is 0.117. The Kier molecular flexibility index (Phi) is 5.12. The molecule has 0 fully saturated rings. The molecule has 0 atom stereocenters. The number of rotatable bonds is 6. The lowest BCUT2D eigenvalue weighted by molar-refractivity contribution is -0.114. The number of carbonyl (C=O) groups excluding carboxylic acids is 1. The molecule has 0 saturated heterocycles. The summed E-state index contributed by atoms with van der Waals surface area (Å²) in [7, 11) is 1.61. The number of para-hydroxylation sites is 1. The zero-order chi connectivity index (χ0) is 19.5. The van der Waals surface area contributed by atoms with Crippen molar-refractivity contribution in [3.05, 3.63) is 60.7 Å². The SMILES string of the molecule is COc1cc2c(cc1NCC(=O)Nc1cccc(SC)c1)oc1ccccc12. The molecule has 1 amide bonds. The minimum Gasteiger partial charge on any atom is -0.495 e. The lowest BCUT2D eigenvalue weighted by atomic mass is 10.1. The number of anilines is 2. The first-order valence-electron chi connectivity index (χ1n) is 8.85. The maximum Gasteiger partial charge on any atom is 0.243 e. The van der Waals surface area contributed by atoms with Gasteiger partial charge in [-0.1, -0.05) is 24.3 Å². The fourth-order valence-electron chi connectivity index (χ4n) is 3.14. The maximum absolute atomic E-state index is 12.3. The van der Waals surface area contributed by atoms with Gasteiger partial charge in [-0.2, -0.15) is 0 Å². The molecule has 0 aliphatic carbocycles. The number of nitrogens with one attached hydrogen (secondary N) is 2. The second-order valence-corrected chi connectivity index (χ2v) is 7.16. The van der Waals surface area contributed by atoms with Gasteiger partial charge in [0.25, 0.3) is 0 Å². The molecule has 1 heterocycles. The molecule has 142 valence electrons. The predicted octanol–water partition coefficient (Wildman–Crippen LogP) is 5.37. The number of hydrogen-bond acceptors (Lipinski definition) is 5. The molecule has 1 aromatic heterocycles. The van der Waals surface area contributed by atoms with Crippen LogP contribution in [0.15, 0.2) is 70.0 Å². The van der Waals surface area contributed by atoms with Crippen LogP contribution in [0, 0.1) is 0 Å². The summed E-state index contributed by atoms with van der Waals surface area (Å²) in [6.07, 6.45) is 2.00. The van der Waals surface area contributed by atoms with Crippen molar-refractivity contribution in [2.24, 2.45) is 0 Å². The number of ether oxygens (including phenoxy) is 1. The quantitative estimate of drug-likeness (QED) is 0.432. The summed E-state index contributed by atoms with van der Waals surface area (Å²) in [5, 5.41) is 8.07. The summed E-state index contributed by atoms with van der Waals surface area (Å²) in [6, 6.07) is 19.4.